The maximum absolute atomic E-state index is 5.77. The molecular formula is C9H14ClN3. The molecule has 72 valence electrons. The smallest absolute Gasteiger partial charge is 0.131 e. The van der Waals surface area contributed by atoms with Crippen molar-refractivity contribution < 1.29 is 0 Å². The second-order valence-corrected chi connectivity index (χ2v) is 3.55. The van der Waals surface area contributed by atoms with Gasteiger partial charge in [-0.15, -0.1) is 0 Å². The molecule has 0 amide bonds. The summed E-state index contributed by atoms with van der Waals surface area (Å²) < 4.78 is 0. The van der Waals surface area contributed by atoms with Gasteiger partial charge in [0, 0.05) is 30.0 Å². The first-order chi connectivity index (χ1) is 6.13. The molecule has 0 aromatic carbocycles. The number of hydrogen-bond donors (Lipinski definition) is 2. The van der Waals surface area contributed by atoms with Gasteiger partial charge in [-0.3, -0.25) is 0 Å². The molecule has 0 unspecified atom stereocenters. The Balaban J connectivity index is 2.94. The zero-order valence-electron chi connectivity index (χ0n) is 7.84. The highest BCUT2D eigenvalue weighted by Gasteiger charge is 2.03. The lowest BCUT2D eigenvalue weighted by atomic mass is 10.2. The number of nitrogens with two attached hydrogens (primary N) is 1. The molecule has 0 saturated carbocycles. The number of hydrogen-bond acceptors (Lipinski definition) is 3. The van der Waals surface area contributed by atoms with Crippen molar-refractivity contribution in [2.45, 2.75) is 26.4 Å². The number of nitrogens with one attached hydrogen (secondary N) is 1. The van der Waals surface area contributed by atoms with Crippen molar-refractivity contribution in [2.24, 2.45) is 5.73 Å². The summed E-state index contributed by atoms with van der Waals surface area (Å²) in [5.74, 6) is 0. The van der Waals surface area contributed by atoms with Crippen LogP contribution in [0.1, 0.15) is 19.4 Å². The zero-order valence-corrected chi connectivity index (χ0v) is 8.60. The minimum absolute atomic E-state index is 0.365. The van der Waals surface area contributed by atoms with Crippen molar-refractivity contribution in [1.29, 1.82) is 0 Å². The van der Waals surface area contributed by atoms with Crippen molar-refractivity contribution in [3.05, 3.63) is 23.0 Å². The van der Waals surface area contributed by atoms with E-state index in [0.29, 0.717) is 17.7 Å². The van der Waals surface area contributed by atoms with E-state index >= 15 is 0 Å². The number of anilines is 1. The number of rotatable bonds is 3. The summed E-state index contributed by atoms with van der Waals surface area (Å²) in [7, 11) is 0. The molecule has 0 spiro atoms. The van der Waals surface area contributed by atoms with Gasteiger partial charge in [0.15, 0.2) is 0 Å². The molecule has 13 heavy (non-hydrogen) atoms. The second-order valence-electron chi connectivity index (χ2n) is 3.17. The molecule has 1 rings (SSSR count). The zero-order chi connectivity index (χ0) is 9.84. The van der Waals surface area contributed by atoms with Crippen molar-refractivity contribution >= 4 is 17.3 Å². The Labute approximate surface area is 83.3 Å². The van der Waals surface area contributed by atoms with E-state index in [9.17, 15) is 0 Å². The molecule has 0 aliphatic carbocycles. The first-order valence-electron chi connectivity index (χ1n) is 4.24. The number of halogens is 1. The van der Waals surface area contributed by atoms with E-state index in [1.54, 1.807) is 12.3 Å². The van der Waals surface area contributed by atoms with E-state index in [0.717, 1.165) is 11.3 Å². The minimum Gasteiger partial charge on any atom is -0.382 e. The third-order valence-corrected chi connectivity index (χ3v) is 1.82. The Kier molecular flexibility index (Phi) is 3.51. The number of pyridine rings is 1. The van der Waals surface area contributed by atoms with E-state index < -0.39 is 0 Å². The standard InChI is InChI=1S/C9H14ClN3/c1-6(2)13-8-3-9(10)12-5-7(8)4-11/h3,5-6H,4,11H2,1-2H3,(H,12,13). The average Bonchev–Trinajstić information content (AvgIpc) is 2.03. The lowest BCUT2D eigenvalue weighted by Crippen LogP contribution is -2.13. The van der Waals surface area contributed by atoms with Gasteiger partial charge < -0.3 is 11.1 Å². The quantitative estimate of drug-likeness (QED) is 0.733. The Bertz CT molecular complexity index is 286. The lowest BCUT2D eigenvalue weighted by Gasteiger charge is -2.13. The molecule has 1 heterocycles. The molecule has 0 fully saturated rings. The predicted molar refractivity (Wildman–Crippen MR) is 55.9 cm³/mol. The third kappa shape index (κ3) is 2.86. The van der Waals surface area contributed by atoms with Gasteiger partial charge in [0.2, 0.25) is 0 Å². The van der Waals surface area contributed by atoms with Crippen molar-refractivity contribution in [1.82, 2.24) is 4.98 Å². The van der Waals surface area contributed by atoms with E-state index in [1.165, 1.54) is 0 Å². The molecule has 3 N–H and O–H groups in total. The van der Waals surface area contributed by atoms with Crippen LogP contribution in [0.25, 0.3) is 0 Å². The van der Waals surface area contributed by atoms with Crippen molar-refractivity contribution in [2.75, 3.05) is 5.32 Å². The SMILES string of the molecule is CC(C)Nc1cc(Cl)ncc1CN. The van der Waals surface area contributed by atoms with Gasteiger partial charge in [-0.2, -0.15) is 0 Å². The van der Waals surface area contributed by atoms with Crippen LogP contribution < -0.4 is 11.1 Å². The normalized spacial score (nSPS) is 10.5. The summed E-state index contributed by atoms with van der Waals surface area (Å²) in [4.78, 5) is 3.96. The van der Waals surface area contributed by atoms with Crippen LogP contribution in [0.15, 0.2) is 12.3 Å². The van der Waals surface area contributed by atoms with Crippen LogP contribution in [0.4, 0.5) is 5.69 Å². The topological polar surface area (TPSA) is 50.9 Å². The predicted octanol–water partition coefficient (Wildman–Crippen LogP) is 2.01. The second kappa shape index (κ2) is 4.44. The largest absolute Gasteiger partial charge is 0.382 e. The van der Waals surface area contributed by atoms with Crippen LogP contribution in [0.2, 0.25) is 5.15 Å². The Morgan fingerprint density at radius 2 is 2.31 bits per heavy atom. The van der Waals surface area contributed by atoms with Crippen LogP contribution in [0, 0.1) is 0 Å². The van der Waals surface area contributed by atoms with Gasteiger partial charge in [0.05, 0.1) is 0 Å². The van der Waals surface area contributed by atoms with Gasteiger partial charge in [-0.1, -0.05) is 11.6 Å². The maximum atomic E-state index is 5.77. The third-order valence-electron chi connectivity index (χ3n) is 1.62. The molecular weight excluding hydrogens is 186 g/mol. The molecule has 1 aromatic rings. The summed E-state index contributed by atoms with van der Waals surface area (Å²) in [6.07, 6.45) is 1.70. The molecule has 0 aliphatic heterocycles. The molecule has 0 saturated heterocycles. The maximum Gasteiger partial charge on any atom is 0.131 e. The summed E-state index contributed by atoms with van der Waals surface area (Å²) in [5, 5.41) is 3.75. The molecule has 0 radical (unpaired) electrons. The molecule has 3 nitrogen and oxygen atoms in total. The Morgan fingerprint density at radius 3 is 2.85 bits per heavy atom. The molecule has 0 aliphatic rings. The fourth-order valence-corrected chi connectivity index (χ4v) is 1.22. The Hall–Kier alpha value is -0.800. The number of aromatic nitrogens is 1. The average molecular weight is 200 g/mol. The first-order valence-corrected chi connectivity index (χ1v) is 4.62. The van der Waals surface area contributed by atoms with E-state index in [2.05, 4.69) is 24.1 Å². The monoisotopic (exact) mass is 199 g/mol. The van der Waals surface area contributed by atoms with Crippen LogP contribution >= 0.6 is 11.6 Å². The molecule has 1 aromatic heterocycles. The van der Waals surface area contributed by atoms with Crippen LogP contribution in [0.5, 0.6) is 0 Å². The van der Waals surface area contributed by atoms with Crippen molar-refractivity contribution in [3.63, 3.8) is 0 Å². The Morgan fingerprint density at radius 1 is 1.62 bits per heavy atom. The van der Waals surface area contributed by atoms with E-state index in [4.69, 9.17) is 17.3 Å². The highest BCUT2D eigenvalue weighted by molar-refractivity contribution is 6.29. The number of nitrogens with zero attached hydrogens (tertiary/aromatic N) is 1. The summed E-state index contributed by atoms with van der Waals surface area (Å²) >= 11 is 5.77. The molecule has 4 heteroatoms. The van der Waals surface area contributed by atoms with Gasteiger partial charge >= 0.3 is 0 Å². The van der Waals surface area contributed by atoms with Gasteiger partial charge in [-0.25, -0.2) is 4.98 Å². The van der Waals surface area contributed by atoms with E-state index in [1.807, 2.05) is 0 Å². The van der Waals surface area contributed by atoms with E-state index in [-0.39, 0.29) is 0 Å². The fraction of sp³-hybridized carbons (Fsp3) is 0.444. The highest BCUT2D eigenvalue weighted by atomic mass is 35.5. The highest BCUT2D eigenvalue weighted by Crippen LogP contribution is 2.18. The summed E-state index contributed by atoms with van der Waals surface area (Å²) in [5.41, 5.74) is 7.51. The fourth-order valence-electron chi connectivity index (χ4n) is 1.07. The van der Waals surface area contributed by atoms with Gasteiger partial charge in [0.1, 0.15) is 5.15 Å². The summed E-state index contributed by atoms with van der Waals surface area (Å²) in [6.45, 7) is 4.60. The van der Waals surface area contributed by atoms with Gasteiger partial charge in [0.25, 0.3) is 0 Å². The lowest BCUT2D eigenvalue weighted by molar-refractivity contribution is 0.890. The van der Waals surface area contributed by atoms with Crippen LogP contribution in [-0.4, -0.2) is 11.0 Å². The minimum atomic E-state index is 0.365. The van der Waals surface area contributed by atoms with Crippen LogP contribution in [0.3, 0.4) is 0 Å². The first kappa shape index (κ1) is 10.3. The summed E-state index contributed by atoms with van der Waals surface area (Å²) in [6, 6.07) is 2.16. The van der Waals surface area contributed by atoms with Gasteiger partial charge in [-0.05, 0) is 19.9 Å². The van der Waals surface area contributed by atoms with Crippen molar-refractivity contribution in [3.8, 4) is 0 Å². The van der Waals surface area contributed by atoms with Crippen LogP contribution in [-0.2, 0) is 6.54 Å². The molecule has 0 bridgehead atoms. The molecule has 0 atom stereocenters.